The Balaban J connectivity index is 5.07. The summed E-state index contributed by atoms with van der Waals surface area (Å²) < 4.78 is 5.40. The summed E-state index contributed by atoms with van der Waals surface area (Å²) in [6, 6.07) is -0.634. The summed E-state index contributed by atoms with van der Waals surface area (Å²) in [5.74, 6) is 0.746. The lowest BCUT2D eigenvalue weighted by atomic mass is 10.2. The maximum absolute atomic E-state index is 13.0. The van der Waals surface area contributed by atoms with Crippen LogP contribution in [0.5, 0.6) is 0 Å². The summed E-state index contributed by atoms with van der Waals surface area (Å²) in [5.41, 5.74) is -0.608. The molecule has 0 spiro atoms. The van der Waals surface area contributed by atoms with Gasteiger partial charge < -0.3 is 15.0 Å². The fourth-order valence-corrected chi connectivity index (χ4v) is 4.57. The zero-order valence-electron chi connectivity index (χ0n) is 17.2. The highest BCUT2D eigenvalue weighted by Gasteiger charge is 2.28. The van der Waals surface area contributed by atoms with Gasteiger partial charge in [0.15, 0.2) is 0 Å². The SMILES string of the molecule is CCCCN(CCCl)C(=O)C(CSSC(C)(C)C)NC(=O)OC(C)(C)C. The van der Waals surface area contributed by atoms with E-state index in [1.165, 1.54) is 0 Å². The smallest absolute Gasteiger partial charge is 0.408 e. The maximum Gasteiger partial charge on any atom is 0.408 e. The van der Waals surface area contributed by atoms with Crippen molar-refractivity contribution in [2.45, 2.75) is 77.7 Å². The Bertz CT molecular complexity index is 437. The molecule has 0 aliphatic rings. The Morgan fingerprint density at radius 2 is 1.77 bits per heavy atom. The molecule has 1 atom stereocenters. The Morgan fingerprint density at radius 3 is 2.23 bits per heavy atom. The van der Waals surface area contributed by atoms with Gasteiger partial charge in [-0.3, -0.25) is 4.79 Å². The second-order valence-electron chi connectivity index (χ2n) is 8.05. The van der Waals surface area contributed by atoms with Crippen molar-refractivity contribution >= 4 is 45.2 Å². The average Bonchev–Trinajstić information content (AvgIpc) is 2.46. The van der Waals surface area contributed by atoms with Crippen molar-refractivity contribution in [2.24, 2.45) is 0 Å². The highest BCUT2D eigenvalue weighted by molar-refractivity contribution is 8.77. The topological polar surface area (TPSA) is 58.6 Å². The largest absolute Gasteiger partial charge is 0.444 e. The van der Waals surface area contributed by atoms with E-state index in [0.29, 0.717) is 24.7 Å². The molecule has 0 rings (SSSR count). The molecule has 154 valence electrons. The summed E-state index contributed by atoms with van der Waals surface area (Å²) >= 11 is 5.87. The molecule has 0 saturated heterocycles. The number of carbonyl (C=O) groups is 2. The van der Waals surface area contributed by atoms with Gasteiger partial charge >= 0.3 is 6.09 Å². The molecule has 0 aromatic heterocycles. The molecule has 5 nitrogen and oxygen atoms in total. The predicted molar refractivity (Wildman–Crippen MR) is 115 cm³/mol. The molecule has 1 unspecified atom stereocenters. The zero-order valence-corrected chi connectivity index (χ0v) is 19.6. The molecular weight excluding hydrogens is 392 g/mol. The molecule has 0 fully saturated rings. The fraction of sp³-hybridized carbons (Fsp3) is 0.889. The van der Waals surface area contributed by atoms with Gasteiger partial charge in [0, 0.05) is 29.5 Å². The monoisotopic (exact) mass is 426 g/mol. The standard InChI is InChI=1S/C18H35ClN2O3S2/c1-8-9-11-21(12-10-19)15(22)14(13-25-26-18(5,6)7)20-16(23)24-17(2,3)4/h14H,8-13H2,1-7H3,(H,20,23). The van der Waals surface area contributed by atoms with Gasteiger partial charge in [0.1, 0.15) is 11.6 Å². The lowest BCUT2D eigenvalue weighted by Gasteiger charge is -2.29. The lowest BCUT2D eigenvalue weighted by molar-refractivity contribution is -0.132. The molecule has 0 radical (unpaired) electrons. The van der Waals surface area contributed by atoms with Gasteiger partial charge in [-0.05, 0) is 27.2 Å². The Labute approximate surface area is 172 Å². The van der Waals surface area contributed by atoms with Gasteiger partial charge in [-0.2, -0.15) is 0 Å². The van der Waals surface area contributed by atoms with Crippen LogP contribution in [0, 0.1) is 0 Å². The van der Waals surface area contributed by atoms with Crippen molar-refractivity contribution in [1.29, 1.82) is 0 Å². The molecule has 0 bridgehead atoms. The highest BCUT2D eigenvalue weighted by atomic mass is 35.5. The van der Waals surface area contributed by atoms with Gasteiger partial charge in [0.2, 0.25) is 5.91 Å². The first kappa shape index (κ1) is 25.7. The number of rotatable bonds is 10. The summed E-state index contributed by atoms with van der Waals surface area (Å²) in [7, 11) is 3.27. The number of nitrogens with one attached hydrogen (secondary N) is 1. The molecule has 0 aromatic carbocycles. The third-order valence-corrected chi connectivity index (χ3v) is 6.50. The Morgan fingerprint density at radius 1 is 1.15 bits per heavy atom. The number of carbonyl (C=O) groups excluding carboxylic acids is 2. The number of ether oxygens (including phenoxy) is 1. The number of hydrogen-bond acceptors (Lipinski definition) is 5. The molecule has 2 amide bonds. The van der Waals surface area contributed by atoms with E-state index >= 15 is 0 Å². The highest BCUT2D eigenvalue weighted by Crippen LogP contribution is 2.35. The van der Waals surface area contributed by atoms with E-state index in [4.69, 9.17) is 16.3 Å². The van der Waals surface area contributed by atoms with Gasteiger partial charge in [0.05, 0.1) is 0 Å². The van der Waals surface area contributed by atoms with E-state index in [9.17, 15) is 9.59 Å². The maximum atomic E-state index is 13.0. The Kier molecular flexibility index (Phi) is 12.1. The van der Waals surface area contributed by atoms with Gasteiger partial charge in [-0.15, -0.1) is 11.6 Å². The van der Waals surface area contributed by atoms with Crippen LogP contribution in [0.1, 0.15) is 61.3 Å². The summed E-state index contributed by atoms with van der Waals surface area (Å²) in [5, 5.41) is 2.75. The van der Waals surface area contributed by atoms with E-state index in [1.54, 1.807) is 47.3 Å². The van der Waals surface area contributed by atoms with Crippen LogP contribution >= 0.6 is 33.2 Å². The normalized spacial score (nSPS) is 13.2. The van der Waals surface area contributed by atoms with E-state index in [2.05, 4.69) is 33.0 Å². The van der Waals surface area contributed by atoms with Crippen molar-refractivity contribution in [3.05, 3.63) is 0 Å². The van der Waals surface area contributed by atoms with Crippen LogP contribution in [0.2, 0.25) is 0 Å². The van der Waals surface area contributed by atoms with E-state index in [-0.39, 0.29) is 10.7 Å². The van der Waals surface area contributed by atoms with Crippen molar-refractivity contribution < 1.29 is 14.3 Å². The number of nitrogens with zero attached hydrogens (tertiary/aromatic N) is 1. The van der Waals surface area contributed by atoms with Crippen LogP contribution in [0.4, 0.5) is 4.79 Å². The third kappa shape index (κ3) is 13.0. The van der Waals surface area contributed by atoms with Crippen molar-refractivity contribution in [1.82, 2.24) is 10.2 Å². The summed E-state index contributed by atoms with van der Waals surface area (Å²) in [4.78, 5) is 26.9. The van der Waals surface area contributed by atoms with E-state index in [1.807, 2.05) is 0 Å². The average molecular weight is 427 g/mol. The first-order chi connectivity index (χ1) is 11.9. The van der Waals surface area contributed by atoms with Crippen LogP contribution < -0.4 is 5.32 Å². The van der Waals surface area contributed by atoms with Gasteiger partial charge in [0.25, 0.3) is 0 Å². The summed E-state index contributed by atoms with van der Waals surface area (Å²) in [6.07, 6.45) is 1.33. The first-order valence-corrected chi connectivity index (χ1v) is 11.9. The Hall–Kier alpha value is -0.270. The number of halogens is 1. The first-order valence-electron chi connectivity index (χ1n) is 9.04. The second kappa shape index (κ2) is 12.2. The number of alkyl halides is 1. The van der Waals surface area contributed by atoms with Crippen LogP contribution in [-0.4, -0.2) is 58.0 Å². The van der Waals surface area contributed by atoms with Crippen LogP contribution in [0.3, 0.4) is 0 Å². The number of alkyl carbamates (subject to hydrolysis) is 1. The van der Waals surface area contributed by atoms with Crippen molar-refractivity contribution in [2.75, 3.05) is 24.7 Å². The van der Waals surface area contributed by atoms with Gasteiger partial charge in [-0.25, -0.2) is 4.79 Å². The number of amides is 2. The van der Waals surface area contributed by atoms with Crippen LogP contribution in [0.25, 0.3) is 0 Å². The second-order valence-corrected chi connectivity index (χ2v) is 11.6. The third-order valence-electron chi connectivity index (χ3n) is 2.98. The molecule has 0 saturated carbocycles. The molecular formula is C18H35ClN2O3S2. The molecule has 0 aromatic rings. The van der Waals surface area contributed by atoms with Crippen LogP contribution in [0.15, 0.2) is 0 Å². The molecule has 8 heteroatoms. The lowest BCUT2D eigenvalue weighted by Crippen LogP contribution is -2.51. The number of unbranched alkanes of at least 4 members (excludes halogenated alkanes) is 1. The summed E-state index contributed by atoms with van der Waals surface area (Å²) in [6.45, 7) is 14.9. The molecule has 26 heavy (non-hydrogen) atoms. The van der Waals surface area contributed by atoms with Gasteiger partial charge in [-0.1, -0.05) is 55.7 Å². The molecule has 1 N–H and O–H groups in total. The van der Waals surface area contributed by atoms with E-state index in [0.717, 1.165) is 12.8 Å². The van der Waals surface area contributed by atoms with E-state index < -0.39 is 17.7 Å². The molecule has 0 heterocycles. The van der Waals surface area contributed by atoms with Crippen molar-refractivity contribution in [3.63, 3.8) is 0 Å². The molecule has 0 aliphatic carbocycles. The minimum Gasteiger partial charge on any atom is -0.444 e. The zero-order chi connectivity index (χ0) is 20.4. The quantitative estimate of drug-likeness (QED) is 0.396. The van der Waals surface area contributed by atoms with Crippen molar-refractivity contribution in [3.8, 4) is 0 Å². The predicted octanol–water partition coefficient (Wildman–Crippen LogP) is 4.93. The number of hydrogen-bond donors (Lipinski definition) is 1. The van der Waals surface area contributed by atoms with Crippen LogP contribution in [-0.2, 0) is 9.53 Å². The fourth-order valence-electron chi connectivity index (χ4n) is 1.91. The minimum absolute atomic E-state index is 0.0716. The minimum atomic E-state index is -0.634. The molecule has 0 aliphatic heterocycles.